The van der Waals surface area contributed by atoms with E-state index >= 15 is 0 Å². The van der Waals surface area contributed by atoms with Crippen molar-refractivity contribution < 1.29 is 14.3 Å². The van der Waals surface area contributed by atoms with Crippen LogP contribution in [0.5, 0.6) is 5.75 Å². The Hall–Kier alpha value is -3.55. The van der Waals surface area contributed by atoms with Crippen molar-refractivity contribution in [3.05, 3.63) is 93.6 Å². The van der Waals surface area contributed by atoms with Gasteiger partial charge >= 0.3 is 5.97 Å². The van der Waals surface area contributed by atoms with Crippen LogP contribution in [0.2, 0.25) is 10.0 Å². The smallest absolute Gasteiger partial charge is 0.362 e. The lowest BCUT2D eigenvalue weighted by Gasteiger charge is -2.12. The highest BCUT2D eigenvalue weighted by molar-refractivity contribution is 6.42. The fraction of sp³-hybridized carbons (Fsp3) is 0.192. The largest absolute Gasteiger partial charge is 0.497 e. The topological polar surface area (TPSA) is 78.3 Å². The zero-order valence-corrected chi connectivity index (χ0v) is 20.8. The molecule has 3 aromatic carbocycles. The monoisotopic (exact) mass is 510 g/mol. The van der Waals surface area contributed by atoms with Crippen LogP contribution in [0, 0.1) is 0 Å². The molecular weight excluding hydrogens is 487 g/mol. The summed E-state index contributed by atoms with van der Waals surface area (Å²) in [5.74, 6) is 0.737. The number of carbonyl (C=O) groups excluding carboxylic acids is 1. The van der Waals surface area contributed by atoms with Gasteiger partial charge in [-0.25, -0.2) is 9.48 Å². The molecule has 0 fully saturated rings. The molecule has 0 radical (unpaired) electrons. The van der Waals surface area contributed by atoms with Crippen LogP contribution in [-0.4, -0.2) is 34.7 Å². The Morgan fingerprint density at radius 1 is 0.943 bits per heavy atom. The summed E-state index contributed by atoms with van der Waals surface area (Å²) in [5.41, 5.74) is 4.14. The van der Waals surface area contributed by atoms with E-state index in [9.17, 15) is 4.79 Å². The molecule has 1 heterocycles. The van der Waals surface area contributed by atoms with Gasteiger partial charge in [0.25, 0.3) is 0 Å². The summed E-state index contributed by atoms with van der Waals surface area (Å²) in [4.78, 5) is 12.5. The predicted octanol–water partition coefficient (Wildman–Crippen LogP) is 6.10. The number of nitrogens with zero attached hydrogens (tertiary/aromatic N) is 3. The van der Waals surface area contributed by atoms with Crippen molar-refractivity contribution in [1.82, 2.24) is 15.0 Å². The lowest BCUT2D eigenvalue weighted by molar-refractivity contribution is 0.0520. The second-order valence-electron chi connectivity index (χ2n) is 7.69. The fourth-order valence-electron chi connectivity index (χ4n) is 3.52. The van der Waals surface area contributed by atoms with Crippen LogP contribution in [0.4, 0.5) is 5.82 Å². The maximum absolute atomic E-state index is 12.5. The molecule has 0 aliphatic carbocycles. The summed E-state index contributed by atoms with van der Waals surface area (Å²) in [5, 5.41) is 12.6. The minimum Gasteiger partial charge on any atom is -0.497 e. The molecule has 35 heavy (non-hydrogen) atoms. The number of rotatable bonds is 9. The maximum atomic E-state index is 12.5. The van der Waals surface area contributed by atoms with Crippen LogP contribution in [0.3, 0.4) is 0 Å². The van der Waals surface area contributed by atoms with E-state index in [1.54, 1.807) is 24.8 Å². The van der Waals surface area contributed by atoms with E-state index in [4.69, 9.17) is 32.7 Å². The van der Waals surface area contributed by atoms with Gasteiger partial charge in [0.15, 0.2) is 5.82 Å². The van der Waals surface area contributed by atoms with Crippen molar-refractivity contribution in [2.24, 2.45) is 0 Å². The summed E-state index contributed by atoms with van der Waals surface area (Å²) in [6, 6.07) is 21.2. The molecule has 180 valence electrons. The molecule has 0 spiro atoms. The van der Waals surface area contributed by atoms with Gasteiger partial charge in [0.2, 0.25) is 5.69 Å². The van der Waals surface area contributed by atoms with Crippen LogP contribution >= 0.6 is 23.2 Å². The Labute approximate surface area is 213 Å². The predicted molar refractivity (Wildman–Crippen MR) is 137 cm³/mol. The number of esters is 1. The van der Waals surface area contributed by atoms with Gasteiger partial charge in [0, 0.05) is 6.54 Å². The lowest BCUT2D eigenvalue weighted by atomic mass is 10.0. The standard InChI is InChI=1S/C26H24Cl2N4O3/c1-3-35-26(33)24-25(32(31-30-24)16-18-6-11-21(34-2)12-7-18)29-15-17-4-8-19(9-5-17)20-10-13-22(27)23(28)14-20/h4-14,29H,3,15-16H2,1-2H3. The normalized spacial score (nSPS) is 10.7. The maximum Gasteiger partial charge on any atom is 0.362 e. The van der Waals surface area contributed by atoms with E-state index in [0.717, 1.165) is 28.0 Å². The summed E-state index contributed by atoms with van der Waals surface area (Å²) >= 11 is 12.2. The first-order valence-electron chi connectivity index (χ1n) is 11.0. The highest BCUT2D eigenvalue weighted by Gasteiger charge is 2.21. The van der Waals surface area contributed by atoms with E-state index in [1.165, 1.54) is 0 Å². The Kier molecular flexibility index (Phi) is 7.90. The zero-order chi connectivity index (χ0) is 24.8. The van der Waals surface area contributed by atoms with Crippen LogP contribution < -0.4 is 10.1 Å². The Bertz CT molecular complexity index is 1310. The molecule has 1 aromatic heterocycles. The van der Waals surface area contributed by atoms with Gasteiger partial charge < -0.3 is 14.8 Å². The number of methoxy groups -OCH3 is 1. The Morgan fingerprint density at radius 3 is 2.29 bits per heavy atom. The molecule has 4 aromatic rings. The molecule has 0 aliphatic heterocycles. The zero-order valence-electron chi connectivity index (χ0n) is 19.3. The third kappa shape index (κ3) is 5.93. The third-order valence-corrected chi connectivity index (χ3v) is 6.10. The number of hydrogen-bond acceptors (Lipinski definition) is 6. The molecule has 4 rings (SSSR count). The summed E-state index contributed by atoms with van der Waals surface area (Å²) < 4.78 is 12.0. The van der Waals surface area contributed by atoms with E-state index in [1.807, 2.05) is 60.7 Å². The highest BCUT2D eigenvalue weighted by atomic mass is 35.5. The quantitative estimate of drug-likeness (QED) is 0.274. The minimum atomic E-state index is -0.522. The summed E-state index contributed by atoms with van der Waals surface area (Å²) in [7, 11) is 1.62. The molecule has 0 amide bonds. The fourth-order valence-corrected chi connectivity index (χ4v) is 3.81. The first-order valence-corrected chi connectivity index (χ1v) is 11.8. The first kappa shape index (κ1) is 24.6. The summed E-state index contributed by atoms with van der Waals surface area (Å²) in [6.07, 6.45) is 0. The number of benzene rings is 3. The number of nitrogens with one attached hydrogen (secondary N) is 1. The molecule has 7 nitrogen and oxygen atoms in total. The van der Waals surface area contributed by atoms with E-state index < -0.39 is 5.97 Å². The molecule has 0 aliphatic rings. The van der Waals surface area contributed by atoms with Gasteiger partial charge in [-0.3, -0.25) is 0 Å². The Balaban J connectivity index is 1.53. The van der Waals surface area contributed by atoms with Crippen LogP contribution in [-0.2, 0) is 17.8 Å². The molecule has 9 heteroatoms. The highest BCUT2D eigenvalue weighted by Crippen LogP contribution is 2.29. The van der Waals surface area contributed by atoms with Crippen LogP contribution in [0.15, 0.2) is 66.7 Å². The molecule has 0 bridgehead atoms. The lowest BCUT2D eigenvalue weighted by Crippen LogP contribution is -2.13. The molecular formula is C26H24Cl2N4O3. The van der Waals surface area contributed by atoms with Crippen LogP contribution in [0.1, 0.15) is 28.5 Å². The van der Waals surface area contributed by atoms with E-state index in [2.05, 4.69) is 15.6 Å². The number of carbonyl (C=O) groups is 1. The molecule has 1 N–H and O–H groups in total. The van der Waals surface area contributed by atoms with E-state index in [0.29, 0.717) is 29.0 Å². The van der Waals surface area contributed by atoms with Crippen molar-refractivity contribution in [3.63, 3.8) is 0 Å². The second-order valence-corrected chi connectivity index (χ2v) is 8.51. The van der Waals surface area contributed by atoms with Crippen molar-refractivity contribution in [2.45, 2.75) is 20.0 Å². The van der Waals surface area contributed by atoms with Gasteiger partial charge in [-0.05, 0) is 53.4 Å². The number of aromatic nitrogens is 3. The molecule has 0 saturated heterocycles. The van der Waals surface area contributed by atoms with Crippen molar-refractivity contribution >= 4 is 35.0 Å². The number of hydrogen-bond donors (Lipinski definition) is 1. The van der Waals surface area contributed by atoms with Gasteiger partial charge in [-0.2, -0.15) is 0 Å². The van der Waals surface area contributed by atoms with Gasteiger partial charge in [-0.15, -0.1) is 5.10 Å². The molecule has 0 atom stereocenters. The van der Waals surface area contributed by atoms with Gasteiger partial charge in [0.1, 0.15) is 5.75 Å². The van der Waals surface area contributed by atoms with Crippen molar-refractivity contribution in [2.75, 3.05) is 19.0 Å². The van der Waals surface area contributed by atoms with Crippen molar-refractivity contribution in [1.29, 1.82) is 0 Å². The number of anilines is 1. The first-order chi connectivity index (χ1) is 17.0. The Morgan fingerprint density at radius 2 is 1.63 bits per heavy atom. The molecule has 0 unspecified atom stereocenters. The average Bonchev–Trinajstić information content (AvgIpc) is 3.27. The number of ether oxygens (including phenoxy) is 2. The third-order valence-electron chi connectivity index (χ3n) is 5.36. The number of halogens is 2. The van der Waals surface area contributed by atoms with Gasteiger partial charge in [-0.1, -0.05) is 70.9 Å². The van der Waals surface area contributed by atoms with E-state index in [-0.39, 0.29) is 12.3 Å². The van der Waals surface area contributed by atoms with Gasteiger partial charge in [0.05, 0.1) is 30.3 Å². The van der Waals surface area contributed by atoms with Crippen molar-refractivity contribution in [3.8, 4) is 16.9 Å². The second kappa shape index (κ2) is 11.3. The van der Waals surface area contributed by atoms with Crippen LogP contribution in [0.25, 0.3) is 11.1 Å². The SMILES string of the molecule is CCOC(=O)c1nnn(Cc2ccc(OC)cc2)c1NCc1ccc(-c2ccc(Cl)c(Cl)c2)cc1. The summed E-state index contributed by atoms with van der Waals surface area (Å²) in [6.45, 7) is 2.89. The molecule has 0 saturated carbocycles. The minimum absolute atomic E-state index is 0.146. The average molecular weight is 511 g/mol.